The number of aliphatic carboxylic acids is 1. The lowest BCUT2D eigenvalue weighted by molar-refractivity contribution is -0.141. The summed E-state index contributed by atoms with van der Waals surface area (Å²) in [6.45, 7) is 1.70. The Morgan fingerprint density at radius 2 is 2.11 bits per heavy atom. The van der Waals surface area contributed by atoms with Crippen LogP contribution in [0.4, 0.5) is 0 Å². The van der Waals surface area contributed by atoms with E-state index in [1.165, 1.54) is 6.08 Å². The van der Waals surface area contributed by atoms with Gasteiger partial charge in [0.05, 0.1) is 7.11 Å². The zero-order valence-corrected chi connectivity index (χ0v) is 10.9. The van der Waals surface area contributed by atoms with Crippen LogP contribution in [-0.4, -0.2) is 30.1 Å². The van der Waals surface area contributed by atoms with E-state index in [1.807, 2.05) is 12.1 Å². The molecule has 1 aromatic rings. The van der Waals surface area contributed by atoms with Crippen LogP contribution in [0.2, 0.25) is 0 Å². The largest absolute Gasteiger partial charge is 0.496 e. The summed E-state index contributed by atoms with van der Waals surface area (Å²) in [4.78, 5) is 22.4. The van der Waals surface area contributed by atoms with Gasteiger partial charge < -0.3 is 15.2 Å². The van der Waals surface area contributed by atoms with Gasteiger partial charge in [0.15, 0.2) is 0 Å². The minimum atomic E-state index is -1.04. The summed E-state index contributed by atoms with van der Waals surface area (Å²) < 4.78 is 5.14. The first-order chi connectivity index (χ1) is 9.08. The number of amides is 1. The molecule has 0 saturated heterocycles. The SMILES string of the molecule is CC[C@@H](NC(=O)C=Cc1ccccc1OC)C(=O)O. The smallest absolute Gasteiger partial charge is 0.326 e. The molecule has 1 rings (SSSR count). The predicted octanol–water partition coefficient (Wildman–Crippen LogP) is 1.69. The molecule has 0 aliphatic carbocycles. The van der Waals surface area contributed by atoms with Crippen LogP contribution in [0.25, 0.3) is 6.08 Å². The minimum absolute atomic E-state index is 0.337. The Morgan fingerprint density at radius 1 is 1.42 bits per heavy atom. The highest BCUT2D eigenvalue weighted by Gasteiger charge is 2.15. The van der Waals surface area contributed by atoms with Crippen LogP contribution in [0.5, 0.6) is 5.75 Å². The van der Waals surface area contributed by atoms with Crippen LogP contribution in [0.15, 0.2) is 30.3 Å². The first-order valence-electron chi connectivity index (χ1n) is 5.92. The number of carbonyl (C=O) groups is 2. The summed E-state index contributed by atoms with van der Waals surface area (Å²) >= 11 is 0. The topological polar surface area (TPSA) is 75.6 Å². The normalized spacial score (nSPS) is 12.1. The number of nitrogens with one attached hydrogen (secondary N) is 1. The number of hydrogen-bond donors (Lipinski definition) is 2. The van der Waals surface area contributed by atoms with E-state index in [0.717, 1.165) is 5.56 Å². The summed E-state index contributed by atoms with van der Waals surface area (Å²) in [6.07, 6.45) is 3.22. The van der Waals surface area contributed by atoms with E-state index in [-0.39, 0.29) is 0 Å². The van der Waals surface area contributed by atoms with Crippen molar-refractivity contribution in [3.05, 3.63) is 35.9 Å². The molecule has 19 heavy (non-hydrogen) atoms. The Kier molecular flexibility index (Phi) is 5.60. The van der Waals surface area contributed by atoms with Gasteiger partial charge in [-0.25, -0.2) is 4.79 Å². The predicted molar refractivity (Wildman–Crippen MR) is 71.9 cm³/mol. The quantitative estimate of drug-likeness (QED) is 0.766. The summed E-state index contributed by atoms with van der Waals surface area (Å²) in [5, 5.41) is 11.2. The van der Waals surface area contributed by atoms with E-state index < -0.39 is 17.9 Å². The lowest BCUT2D eigenvalue weighted by Gasteiger charge is -2.10. The van der Waals surface area contributed by atoms with Gasteiger partial charge in [-0.2, -0.15) is 0 Å². The van der Waals surface area contributed by atoms with E-state index in [9.17, 15) is 9.59 Å². The molecule has 5 nitrogen and oxygen atoms in total. The fourth-order valence-corrected chi connectivity index (χ4v) is 1.53. The number of ether oxygens (including phenoxy) is 1. The average molecular weight is 263 g/mol. The highest BCUT2D eigenvalue weighted by Crippen LogP contribution is 2.18. The van der Waals surface area contributed by atoms with Crippen molar-refractivity contribution >= 4 is 18.0 Å². The molecule has 0 radical (unpaired) electrons. The monoisotopic (exact) mass is 263 g/mol. The highest BCUT2D eigenvalue weighted by molar-refractivity contribution is 5.94. The van der Waals surface area contributed by atoms with E-state index in [1.54, 1.807) is 32.2 Å². The summed E-state index contributed by atoms with van der Waals surface area (Å²) in [6, 6.07) is 6.37. The van der Waals surface area contributed by atoms with Crippen LogP contribution in [0.3, 0.4) is 0 Å². The van der Waals surface area contributed by atoms with Crippen molar-refractivity contribution in [1.82, 2.24) is 5.32 Å². The van der Waals surface area contributed by atoms with Gasteiger partial charge in [0, 0.05) is 11.6 Å². The Bertz CT molecular complexity index is 482. The Hall–Kier alpha value is -2.30. The van der Waals surface area contributed by atoms with Gasteiger partial charge in [-0.1, -0.05) is 25.1 Å². The van der Waals surface area contributed by atoms with Crippen molar-refractivity contribution < 1.29 is 19.4 Å². The highest BCUT2D eigenvalue weighted by atomic mass is 16.5. The Labute approximate surface area is 111 Å². The molecule has 1 atom stereocenters. The number of rotatable bonds is 6. The van der Waals surface area contributed by atoms with Gasteiger partial charge in [-0.3, -0.25) is 4.79 Å². The molecule has 0 aromatic heterocycles. The molecule has 102 valence electrons. The molecule has 0 aliphatic heterocycles. The standard InChI is InChI=1S/C14H17NO4/c1-3-11(14(17)18)15-13(16)9-8-10-6-4-5-7-12(10)19-2/h4-9,11H,3H2,1-2H3,(H,15,16)(H,17,18)/t11-/m1/s1. The molecule has 0 aliphatic rings. The molecular weight excluding hydrogens is 246 g/mol. The van der Waals surface area contributed by atoms with Crippen molar-refractivity contribution in [3.8, 4) is 5.75 Å². The molecule has 0 bridgehead atoms. The van der Waals surface area contributed by atoms with Crippen molar-refractivity contribution in [1.29, 1.82) is 0 Å². The van der Waals surface area contributed by atoms with E-state index >= 15 is 0 Å². The van der Waals surface area contributed by atoms with Crippen LogP contribution < -0.4 is 10.1 Å². The summed E-state index contributed by atoms with van der Waals surface area (Å²) in [5.74, 6) is -0.835. The average Bonchev–Trinajstić information content (AvgIpc) is 2.42. The van der Waals surface area contributed by atoms with Gasteiger partial charge in [-0.05, 0) is 18.6 Å². The van der Waals surface area contributed by atoms with E-state index in [0.29, 0.717) is 12.2 Å². The van der Waals surface area contributed by atoms with Crippen LogP contribution in [0.1, 0.15) is 18.9 Å². The van der Waals surface area contributed by atoms with Gasteiger partial charge in [-0.15, -0.1) is 0 Å². The maximum atomic E-state index is 11.6. The lowest BCUT2D eigenvalue weighted by atomic mass is 10.2. The van der Waals surface area contributed by atoms with Crippen molar-refractivity contribution in [2.45, 2.75) is 19.4 Å². The fourth-order valence-electron chi connectivity index (χ4n) is 1.53. The van der Waals surface area contributed by atoms with Gasteiger partial charge in [0.1, 0.15) is 11.8 Å². The third-order valence-electron chi connectivity index (χ3n) is 2.58. The fraction of sp³-hybridized carbons (Fsp3) is 0.286. The number of para-hydroxylation sites is 1. The third-order valence-corrected chi connectivity index (χ3v) is 2.58. The lowest BCUT2D eigenvalue weighted by Crippen LogP contribution is -2.39. The number of carboxylic acid groups (broad SMARTS) is 1. The maximum Gasteiger partial charge on any atom is 0.326 e. The second-order valence-corrected chi connectivity index (χ2v) is 3.88. The first kappa shape index (κ1) is 14.8. The zero-order valence-electron chi connectivity index (χ0n) is 10.9. The molecule has 0 heterocycles. The second kappa shape index (κ2) is 7.20. The van der Waals surface area contributed by atoms with E-state index in [4.69, 9.17) is 9.84 Å². The second-order valence-electron chi connectivity index (χ2n) is 3.88. The maximum absolute atomic E-state index is 11.6. The molecule has 0 spiro atoms. The first-order valence-corrected chi connectivity index (χ1v) is 5.92. The van der Waals surface area contributed by atoms with Crippen LogP contribution >= 0.6 is 0 Å². The number of benzene rings is 1. The Balaban J connectivity index is 2.70. The third kappa shape index (κ3) is 4.46. The summed E-state index contributed by atoms with van der Waals surface area (Å²) in [7, 11) is 1.55. The van der Waals surface area contributed by atoms with Crippen molar-refractivity contribution in [2.24, 2.45) is 0 Å². The van der Waals surface area contributed by atoms with Crippen molar-refractivity contribution in [3.63, 3.8) is 0 Å². The van der Waals surface area contributed by atoms with Crippen LogP contribution in [-0.2, 0) is 9.59 Å². The molecule has 0 fully saturated rings. The molecule has 0 unspecified atom stereocenters. The number of carbonyl (C=O) groups excluding carboxylic acids is 1. The zero-order chi connectivity index (χ0) is 14.3. The number of methoxy groups -OCH3 is 1. The Morgan fingerprint density at radius 3 is 2.68 bits per heavy atom. The van der Waals surface area contributed by atoms with Gasteiger partial charge in [0.25, 0.3) is 0 Å². The minimum Gasteiger partial charge on any atom is -0.496 e. The van der Waals surface area contributed by atoms with E-state index in [2.05, 4.69) is 5.32 Å². The number of hydrogen-bond acceptors (Lipinski definition) is 3. The van der Waals surface area contributed by atoms with Crippen LogP contribution in [0, 0.1) is 0 Å². The molecule has 2 N–H and O–H groups in total. The molecule has 1 amide bonds. The summed E-state index contributed by atoms with van der Waals surface area (Å²) in [5.41, 5.74) is 0.753. The number of carboxylic acids is 1. The van der Waals surface area contributed by atoms with Gasteiger partial charge >= 0.3 is 5.97 Å². The van der Waals surface area contributed by atoms with Gasteiger partial charge in [0.2, 0.25) is 5.91 Å². The molecule has 5 heteroatoms. The molecular formula is C14H17NO4. The molecule has 1 aromatic carbocycles. The molecule has 0 saturated carbocycles. The van der Waals surface area contributed by atoms with Crippen molar-refractivity contribution in [2.75, 3.05) is 7.11 Å².